The number of rotatable bonds is 5. The van der Waals surface area contributed by atoms with Crippen molar-refractivity contribution in [2.45, 2.75) is 45.7 Å². The van der Waals surface area contributed by atoms with Crippen LogP contribution in [0.2, 0.25) is 0 Å². The predicted molar refractivity (Wildman–Crippen MR) is 144 cm³/mol. The smallest absolute Gasteiger partial charge is 0.227 e. The summed E-state index contributed by atoms with van der Waals surface area (Å²) < 4.78 is 35.4. The molecule has 2 aromatic heterocycles. The standard InChI is InChI=1S/C30H27F2N5O2/c1-17-29(18(2)39-35-17)20-8-13-26-25(14-20)34-30(37(26)21-9-6-19(16-33)7-10-21)27-4-3-5-28(38)36(27)22-11-12-23(31)24(32)15-22/h6-15,27H,3-5,16,33H2,1-2H3/t27-/m0/s1. The Kier molecular flexibility index (Phi) is 6.23. The van der Waals surface area contributed by atoms with Crippen LogP contribution in [-0.4, -0.2) is 20.6 Å². The summed E-state index contributed by atoms with van der Waals surface area (Å²) in [6.45, 7) is 4.18. The van der Waals surface area contributed by atoms with Crippen molar-refractivity contribution in [1.29, 1.82) is 0 Å². The van der Waals surface area contributed by atoms with Crippen molar-refractivity contribution in [2.24, 2.45) is 5.73 Å². The van der Waals surface area contributed by atoms with Crippen LogP contribution in [-0.2, 0) is 11.3 Å². The number of aromatic nitrogens is 3. The molecule has 2 N–H and O–H groups in total. The van der Waals surface area contributed by atoms with Gasteiger partial charge in [0.15, 0.2) is 11.6 Å². The van der Waals surface area contributed by atoms with E-state index in [0.717, 1.165) is 51.2 Å². The minimum Gasteiger partial charge on any atom is -0.361 e. The molecule has 39 heavy (non-hydrogen) atoms. The van der Waals surface area contributed by atoms with Crippen molar-refractivity contribution >= 4 is 22.6 Å². The van der Waals surface area contributed by atoms with E-state index in [2.05, 4.69) is 5.16 Å². The highest BCUT2D eigenvalue weighted by atomic mass is 19.2. The fourth-order valence-corrected chi connectivity index (χ4v) is 5.50. The first-order chi connectivity index (χ1) is 18.9. The minimum atomic E-state index is -1.00. The van der Waals surface area contributed by atoms with E-state index in [0.29, 0.717) is 43.1 Å². The summed E-state index contributed by atoms with van der Waals surface area (Å²) in [7, 11) is 0. The van der Waals surface area contributed by atoms with Crippen LogP contribution < -0.4 is 10.6 Å². The monoisotopic (exact) mass is 527 g/mol. The molecule has 6 rings (SSSR count). The summed E-state index contributed by atoms with van der Waals surface area (Å²) >= 11 is 0. The molecule has 1 aliphatic heterocycles. The number of halogens is 2. The predicted octanol–water partition coefficient (Wildman–Crippen LogP) is 6.29. The SMILES string of the molecule is Cc1noc(C)c1-c1ccc2c(c1)nc([C@@H]1CCCC(=O)N1c1ccc(F)c(F)c1)n2-c1ccc(CN)cc1. The Labute approximate surface area is 223 Å². The van der Waals surface area contributed by atoms with Gasteiger partial charge in [-0.05, 0) is 74.2 Å². The van der Waals surface area contributed by atoms with Gasteiger partial charge >= 0.3 is 0 Å². The third-order valence-corrected chi connectivity index (χ3v) is 7.36. The Balaban J connectivity index is 1.56. The fraction of sp³-hybridized carbons (Fsp3) is 0.233. The number of nitrogens with zero attached hydrogens (tertiary/aromatic N) is 4. The van der Waals surface area contributed by atoms with Gasteiger partial charge < -0.3 is 15.2 Å². The number of amides is 1. The van der Waals surface area contributed by atoms with Crippen LogP contribution in [0.4, 0.5) is 14.5 Å². The summed E-state index contributed by atoms with van der Waals surface area (Å²) in [6.07, 6.45) is 1.59. The number of anilines is 1. The zero-order valence-corrected chi connectivity index (χ0v) is 21.6. The number of nitrogens with two attached hydrogens (primary N) is 1. The van der Waals surface area contributed by atoms with Gasteiger partial charge in [-0.15, -0.1) is 0 Å². The Morgan fingerprint density at radius 1 is 1.00 bits per heavy atom. The van der Waals surface area contributed by atoms with Crippen LogP contribution in [0.5, 0.6) is 0 Å². The second kappa shape index (κ2) is 9.74. The van der Waals surface area contributed by atoms with Crippen molar-refractivity contribution in [1.82, 2.24) is 14.7 Å². The normalized spacial score (nSPS) is 15.9. The lowest BCUT2D eigenvalue weighted by Gasteiger charge is -2.35. The molecule has 9 heteroatoms. The van der Waals surface area contributed by atoms with Gasteiger partial charge in [-0.2, -0.15) is 0 Å². The van der Waals surface area contributed by atoms with E-state index in [9.17, 15) is 13.6 Å². The first-order valence-corrected chi connectivity index (χ1v) is 12.9. The Bertz CT molecular complexity index is 1690. The molecule has 3 heterocycles. The topological polar surface area (TPSA) is 90.2 Å². The molecule has 7 nitrogen and oxygen atoms in total. The molecule has 1 atom stereocenters. The van der Waals surface area contributed by atoms with Gasteiger partial charge in [-0.25, -0.2) is 13.8 Å². The quantitative estimate of drug-likeness (QED) is 0.290. The zero-order valence-electron chi connectivity index (χ0n) is 21.6. The molecule has 198 valence electrons. The van der Waals surface area contributed by atoms with Crippen molar-refractivity contribution in [3.8, 4) is 16.8 Å². The molecule has 0 saturated carbocycles. The van der Waals surface area contributed by atoms with Gasteiger partial charge in [0.05, 0.1) is 22.8 Å². The third kappa shape index (κ3) is 4.28. The van der Waals surface area contributed by atoms with Gasteiger partial charge in [0.2, 0.25) is 5.91 Å². The van der Waals surface area contributed by atoms with Gasteiger partial charge in [-0.3, -0.25) is 9.36 Å². The van der Waals surface area contributed by atoms with Crippen LogP contribution in [0, 0.1) is 25.5 Å². The van der Waals surface area contributed by atoms with Gasteiger partial charge in [0.1, 0.15) is 11.6 Å². The lowest BCUT2D eigenvalue weighted by molar-refractivity contribution is -0.120. The van der Waals surface area contributed by atoms with Crippen LogP contribution >= 0.6 is 0 Å². The number of hydrogen-bond donors (Lipinski definition) is 1. The molecular formula is C30H27F2N5O2. The lowest BCUT2D eigenvalue weighted by Crippen LogP contribution is -2.39. The maximum atomic E-state index is 14.3. The molecule has 5 aromatic rings. The Morgan fingerprint density at radius 3 is 2.46 bits per heavy atom. The number of carbonyl (C=O) groups is 1. The minimum absolute atomic E-state index is 0.161. The van der Waals surface area contributed by atoms with Crippen LogP contribution in [0.15, 0.2) is 65.2 Å². The summed E-state index contributed by atoms with van der Waals surface area (Å²) in [5, 5.41) is 4.09. The molecule has 0 aliphatic carbocycles. The van der Waals surface area contributed by atoms with E-state index in [1.54, 1.807) is 4.90 Å². The summed E-state index contributed by atoms with van der Waals surface area (Å²) in [4.78, 5) is 19.9. The summed E-state index contributed by atoms with van der Waals surface area (Å²) in [5.41, 5.74) is 12.2. The average molecular weight is 528 g/mol. The summed E-state index contributed by atoms with van der Waals surface area (Å²) in [5.74, 6) is -0.769. The second-order valence-corrected chi connectivity index (χ2v) is 9.85. The van der Waals surface area contributed by atoms with Crippen molar-refractivity contribution < 1.29 is 18.1 Å². The van der Waals surface area contributed by atoms with Crippen molar-refractivity contribution in [2.75, 3.05) is 4.90 Å². The van der Waals surface area contributed by atoms with E-state index in [1.165, 1.54) is 6.07 Å². The third-order valence-electron chi connectivity index (χ3n) is 7.36. The van der Waals surface area contributed by atoms with Crippen molar-refractivity contribution in [3.63, 3.8) is 0 Å². The van der Waals surface area contributed by atoms with E-state index in [1.807, 2.05) is 60.9 Å². The lowest BCUT2D eigenvalue weighted by atomic mass is 9.99. The van der Waals surface area contributed by atoms with Gasteiger partial charge in [-0.1, -0.05) is 23.4 Å². The number of aryl methyl sites for hydroxylation is 2. The Morgan fingerprint density at radius 2 is 1.77 bits per heavy atom. The van der Waals surface area contributed by atoms with E-state index in [-0.39, 0.29) is 5.91 Å². The highest BCUT2D eigenvalue weighted by molar-refractivity contribution is 5.95. The van der Waals surface area contributed by atoms with E-state index < -0.39 is 17.7 Å². The van der Waals surface area contributed by atoms with E-state index in [4.69, 9.17) is 15.2 Å². The molecule has 1 fully saturated rings. The number of fused-ring (bicyclic) bond motifs is 1. The van der Waals surface area contributed by atoms with Crippen molar-refractivity contribution in [3.05, 3.63) is 95.1 Å². The molecule has 0 spiro atoms. The number of piperidine rings is 1. The van der Waals surface area contributed by atoms with Crippen LogP contribution in [0.1, 0.15) is 48.1 Å². The molecule has 1 saturated heterocycles. The molecule has 0 radical (unpaired) electrons. The maximum absolute atomic E-state index is 14.3. The molecule has 1 amide bonds. The Hall–Kier alpha value is -4.37. The van der Waals surface area contributed by atoms with Crippen LogP contribution in [0.3, 0.4) is 0 Å². The number of carbonyl (C=O) groups excluding carboxylic acids is 1. The van der Waals surface area contributed by atoms with Crippen LogP contribution in [0.25, 0.3) is 27.8 Å². The highest BCUT2D eigenvalue weighted by Gasteiger charge is 2.35. The summed E-state index contributed by atoms with van der Waals surface area (Å²) in [6, 6.07) is 16.9. The molecular weight excluding hydrogens is 500 g/mol. The van der Waals surface area contributed by atoms with E-state index >= 15 is 0 Å². The number of imidazole rings is 1. The molecule has 0 unspecified atom stereocenters. The maximum Gasteiger partial charge on any atom is 0.227 e. The molecule has 0 bridgehead atoms. The first kappa shape index (κ1) is 24.9. The molecule has 3 aromatic carbocycles. The van der Waals surface area contributed by atoms with Gasteiger partial charge in [0.25, 0.3) is 0 Å². The number of benzene rings is 3. The fourth-order valence-electron chi connectivity index (χ4n) is 5.50. The van der Waals surface area contributed by atoms with Gasteiger partial charge in [0, 0.05) is 36.0 Å². The molecule has 1 aliphatic rings. The largest absolute Gasteiger partial charge is 0.361 e. The average Bonchev–Trinajstić information content (AvgIpc) is 3.48. The number of hydrogen-bond acceptors (Lipinski definition) is 5. The first-order valence-electron chi connectivity index (χ1n) is 12.9. The zero-order chi connectivity index (χ0) is 27.3. The highest BCUT2D eigenvalue weighted by Crippen LogP contribution is 2.39. The second-order valence-electron chi connectivity index (χ2n) is 9.85.